The highest BCUT2D eigenvalue weighted by Gasteiger charge is 2.34. The van der Waals surface area contributed by atoms with Crippen LogP contribution in [0, 0.1) is 5.92 Å². The predicted molar refractivity (Wildman–Crippen MR) is 87.3 cm³/mol. The number of hydrogen-bond acceptors (Lipinski definition) is 2. The van der Waals surface area contributed by atoms with Crippen molar-refractivity contribution in [2.75, 3.05) is 26.2 Å². The Morgan fingerprint density at radius 3 is 2.41 bits per heavy atom. The van der Waals surface area contributed by atoms with Crippen molar-refractivity contribution in [2.24, 2.45) is 5.92 Å². The fourth-order valence-corrected chi connectivity index (χ4v) is 5.43. The van der Waals surface area contributed by atoms with Crippen molar-refractivity contribution >= 4 is 10.0 Å². The van der Waals surface area contributed by atoms with E-state index >= 15 is 0 Å². The van der Waals surface area contributed by atoms with Crippen LogP contribution in [-0.2, 0) is 10.0 Å². The van der Waals surface area contributed by atoms with Gasteiger partial charge < -0.3 is 4.90 Å². The fraction of sp³-hybridized carbons (Fsp3) is 0.647. The van der Waals surface area contributed by atoms with Crippen molar-refractivity contribution in [1.82, 2.24) is 4.31 Å². The maximum absolute atomic E-state index is 12.6. The topological polar surface area (TPSA) is 41.8 Å². The first-order valence-corrected chi connectivity index (χ1v) is 9.91. The van der Waals surface area contributed by atoms with E-state index in [0.717, 1.165) is 25.0 Å². The number of hydrogen-bond donors (Lipinski definition) is 1. The standard InChI is InChI=1S/C17H26N2O2S/c1-15-6-5-7-16(14-15)18-10-12-19(13-11-18)22(20,21)17-8-3-2-4-9-17/h2-4,8-9,15-16H,5-7,10-14H2,1H3/p+1/t15-,16-/m0/s1. The molecule has 0 bridgehead atoms. The highest BCUT2D eigenvalue weighted by molar-refractivity contribution is 7.89. The minimum Gasteiger partial charge on any atom is -0.330 e. The molecular weight excluding hydrogens is 296 g/mol. The third-order valence-electron chi connectivity index (χ3n) is 5.26. The highest BCUT2D eigenvalue weighted by atomic mass is 32.2. The molecule has 3 rings (SSSR count). The molecular formula is C17H27N2O2S+. The maximum atomic E-state index is 12.6. The van der Waals surface area contributed by atoms with Gasteiger partial charge in [-0.15, -0.1) is 0 Å². The van der Waals surface area contributed by atoms with E-state index < -0.39 is 10.0 Å². The number of piperazine rings is 1. The quantitative estimate of drug-likeness (QED) is 0.907. The molecule has 0 unspecified atom stereocenters. The van der Waals surface area contributed by atoms with E-state index in [-0.39, 0.29) is 0 Å². The second kappa shape index (κ2) is 6.69. The molecule has 22 heavy (non-hydrogen) atoms. The Balaban J connectivity index is 1.62. The highest BCUT2D eigenvalue weighted by Crippen LogP contribution is 2.22. The Hall–Kier alpha value is -0.910. The van der Waals surface area contributed by atoms with Crippen LogP contribution < -0.4 is 4.90 Å². The van der Waals surface area contributed by atoms with E-state index in [0.29, 0.717) is 18.0 Å². The van der Waals surface area contributed by atoms with Crippen LogP contribution in [0.25, 0.3) is 0 Å². The SMILES string of the molecule is C[C@H]1CCC[C@H]([NH+]2CCN(S(=O)(=O)c3ccccc3)CC2)C1. The van der Waals surface area contributed by atoms with Gasteiger partial charge in [-0.3, -0.25) is 0 Å². The largest absolute Gasteiger partial charge is 0.330 e. The second-order valence-corrected chi connectivity index (χ2v) is 8.78. The van der Waals surface area contributed by atoms with Gasteiger partial charge in [0.1, 0.15) is 0 Å². The molecule has 2 aliphatic rings. The van der Waals surface area contributed by atoms with E-state index in [4.69, 9.17) is 0 Å². The van der Waals surface area contributed by atoms with Gasteiger partial charge in [-0.1, -0.05) is 31.5 Å². The normalized spacial score (nSPS) is 28.6. The van der Waals surface area contributed by atoms with Crippen LogP contribution in [0.4, 0.5) is 0 Å². The third kappa shape index (κ3) is 3.36. The van der Waals surface area contributed by atoms with Crippen LogP contribution in [0.3, 0.4) is 0 Å². The van der Waals surface area contributed by atoms with Crippen molar-refractivity contribution in [2.45, 2.75) is 43.5 Å². The lowest BCUT2D eigenvalue weighted by Crippen LogP contribution is -3.18. The zero-order chi connectivity index (χ0) is 15.6. The van der Waals surface area contributed by atoms with E-state index in [2.05, 4.69) is 6.92 Å². The monoisotopic (exact) mass is 323 g/mol. The molecule has 1 saturated carbocycles. The van der Waals surface area contributed by atoms with Crippen LogP contribution in [0.15, 0.2) is 35.2 Å². The summed E-state index contributed by atoms with van der Waals surface area (Å²) in [5.41, 5.74) is 0. The first-order chi connectivity index (χ1) is 10.6. The van der Waals surface area contributed by atoms with Gasteiger partial charge in [-0.2, -0.15) is 4.31 Å². The van der Waals surface area contributed by atoms with Gasteiger partial charge in [0.05, 0.1) is 37.1 Å². The lowest BCUT2D eigenvalue weighted by atomic mass is 9.86. The first-order valence-electron chi connectivity index (χ1n) is 8.47. The zero-order valence-corrected chi connectivity index (χ0v) is 14.2. The number of nitrogens with zero attached hydrogens (tertiary/aromatic N) is 1. The summed E-state index contributed by atoms with van der Waals surface area (Å²) in [6.07, 6.45) is 5.31. The molecule has 1 aliphatic heterocycles. The lowest BCUT2D eigenvalue weighted by Gasteiger charge is -2.38. The summed E-state index contributed by atoms with van der Waals surface area (Å²) < 4.78 is 26.9. The summed E-state index contributed by atoms with van der Waals surface area (Å²) in [4.78, 5) is 2.04. The van der Waals surface area contributed by atoms with Crippen LogP contribution in [-0.4, -0.2) is 44.9 Å². The number of rotatable bonds is 3. The van der Waals surface area contributed by atoms with Crippen molar-refractivity contribution in [3.63, 3.8) is 0 Å². The minimum absolute atomic E-state index is 0.421. The zero-order valence-electron chi connectivity index (χ0n) is 13.4. The minimum atomic E-state index is -3.31. The maximum Gasteiger partial charge on any atom is 0.243 e. The van der Waals surface area contributed by atoms with Gasteiger partial charge >= 0.3 is 0 Å². The summed E-state index contributed by atoms with van der Waals surface area (Å²) in [7, 11) is -3.31. The average molecular weight is 323 g/mol. The number of sulfonamides is 1. The van der Waals surface area contributed by atoms with Crippen LogP contribution in [0.2, 0.25) is 0 Å². The van der Waals surface area contributed by atoms with E-state index in [1.807, 2.05) is 6.07 Å². The lowest BCUT2D eigenvalue weighted by molar-refractivity contribution is -0.930. The molecule has 1 aliphatic carbocycles. The second-order valence-electron chi connectivity index (χ2n) is 6.84. The van der Waals surface area contributed by atoms with E-state index in [1.165, 1.54) is 25.7 Å². The van der Waals surface area contributed by atoms with Gasteiger partial charge in [0.15, 0.2) is 0 Å². The first kappa shape index (κ1) is 16.0. The molecule has 1 aromatic carbocycles. The number of benzene rings is 1. The van der Waals surface area contributed by atoms with Crippen LogP contribution >= 0.6 is 0 Å². The van der Waals surface area contributed by atoms with Crippen LogP contribution in [0.5, 0.6) is 0 Å². The number of quaternary nitrogens is 1. The van der Waals surface area contributed by atoms with E-state index in [9.17, 15) is 8.42 Å². The Morgan fingerprint density at radius 1 is 1.09 bits per heavy atom. The van der Waals surface area contributed by atoms with Gasteiger partial charge in [-0.05, 0) is 30.9 Å². The van der Waals surface area contributed by atoms with Gasteiger partial charge in [0, 0.05) is 6.42 Å². The molecule has 0 radical (unpaired) electrons. The van der Waals surface area contributed by atoms with Crippen molar-refractivity contribution < 1.29 is 13.3 Å². The van der Waals surface area contributed by atoms with Gasteiger partial charge in [0.25, 0.3) is 0 Å². The van der Waals surface area contributed by atoms with Crippen molar-refractivity contribution in [3.8, 4) is 0 Å². The molecule has 0 aromatic heterocycles. The molecule has 0 amide bonds. The molecule has 4 nitrogen and oxygen atoms in total. The van der Waals surface area contributed by atoms with Gasteiger partial charge in [0.2, 0.25) is 10.0 Å². The fourth-order valence-electron chi connectivity index (χ4n) is 3.97. The summed E-state index contributed by atoms with van der Waals surface area (Å²) in [5, 5.41) is 0. The predicted octanol–water partition coefficient (Wildman–Crippen LogP) is 1.15. The Kier molecular flexibility index (Phi) is 4.85. The summed E-state index contributed by atoms with van der Waals surface area (Å²) >= 11 is 0. The van der Waals surface area contributed by atoms with E-state index in [1.54, 1.807) is 33.5 Å². The number of nitrogens with one attached hydrogen (secondary N) is 1. The van der Waals surface area contributed by atoms with Crippen LogP contribution in [0.1, 0.15) is 32.6 Å². The molecule has 1 aromatic rings. The molecule has 2 atom stereocenters. The average Bonchev–Trinajstić information content (AvgIpc) is 2.56. The Bertz CT molecular complexity index is 580. The molecule has 1 N–H and O–H groups in total. The summed E-state index contributed by atoms with van der Waals surface area (Å²) in [6, 6.07) is 9.56. The molecule has 1 saturated heterocycles. The molecule has 122 valence electrons. The third-order valence-corrected chi connectivity index (χ3v) is 7.17. The molecule has 1 heterocycles. The molecule has 5 heteroatoms. The molecule has 0 spiro atoms. The van der Waals surface area contributed by atoms with Crippen molar-refractivity contribution in [3.05, 3.63) is 30.3 Å². The van der Waals surface area contributed by atoms with Crippen molar-refractivity contribution in [1.29, 1.82) is 0 Å². The summed E-state index contributed by atoms with van der Waals surface area (Å²) in [5.74, 6) is 0.831. The Morgan fingerprint density at radius 2 is 1.77 bits per heavy atom. The van der Waals surface area contributed by atoms with Gasteiger partial charge in [-0.25, -0.2) is 8.42 Å². The Labute approximate surface area is 134 Å². The molecule has 2 fully saturated rings. The summed E-state index contributed by atoms with van der Waals surface area (Å²) in [6.45, 7) is 5.55. The smallest absolute Gasteiger partial charge is 0.243 e.